The molecule has 1 aromatic carbocycles. The zero-order valence-corrected chi connectivity index (χ0v) is 13.2. The molecule has 1 heterocycles. The van der Waals surface area contributed by atoms with Crippen LogP contribution in [-0.4, -0.2) is 24.5 Å². The summed E-state index contributed by atoms with van der Waals surface area (Å²) in [6.07, 6.45) is 1.05. The molecule has 128 valence electrons. The van der Waals surface area contributed by atoms with E-state index in [0.717, 1.165) is 5.39 Å². The third-order valence-electron chi connectivity index (χ3n) is 3.51. The van der Waals surface area contributed by atoms with Crippen molar-refractivity contribution >= 4 is 22.8 Å². The maximum Gasteiger partial charge on any atom is 0.341 e. The Balaban J connectivity index is 1.88. The van der Waals surface area contributed by atoms with E-state index in [1.807, 2.05) is 12.1 Å². The van der Waals surface area contributed by atoms with Crippen LogP contribution in [0.5, 0.6) is 0 Å². The van der Waals surface area contributed by atoms with E-state index < -0.39 is 11.7 Å². The number of nitrogens with one attached hydrogen (secondary N) is 3. The third-order valence-corrected chi connectivity index (χ3v) is 3.51. The molecular weight excluding hydrogens is 310 g/mol. The Morgan fingerprint density at radius 3 is 2.79 bits per heavy atom. The van der Waals surface area contributed by atoms with Crippen molar-refractivity contribution < 1.29 is 9.21 Å². The number of hydrogen-bond acceptors (Lipinski definition) is 5. The van der Waals surface area contributed by atoms with Crippen LogP contribution in [0.4, 0.5) is 0 Å². The first-order chi connectivity index (χ1) is 11.5. The highest BCUT2D eigenvalue weighted by Gasteiger charge is 2.14. The second kappa shape index (κ2) is 8.11. The highest BCUT2D eigenvalue weighted by atomic mass is 16.4. The number of hydrogen-bond donors (Lipinski definition) is 5. The minimum atomic E-state index is -0.689. The van der Waals surface area contributed by atoms with E-state index in [4.69, 9.17) is 21.3 Å². The number of fused-ring (bicyclic) bond motifs is 1. The summed E-state index contributed by atoms with van der Waals surface area (Å²) in [7, 11) is 0. The predicted molar refractivity (Wildman–Crippen MR) is 91.5 cm³/mol. The Labute approximate surface area is 138 Å². The van der Waals surface area contributed by atoms with Crippen LogP contribution in [0.25, 0.3) is 11.0 Å². The van der Waals surface area contributed by atoms with Crippen molar-refractivity contribution in [3.63, 3.8) is 0 Å². The lowest BCUT2D eigenvalue weighted by molar-refractivity contribution is -0.122. The molecule has 7 N–H and O–H groups in total. The zero-order chi connectivity index (χ0) is 17.5. The lowest BCUT2D eigenvalue weighted by atomic mass is 10.1. The topological polar surface area (TPSA) is 147 Å². The highest BCUT2D eigenvalue weighted by Crippen LogP contribution is 2.12. The van der Waals surface area contributed by atoms with E-state index in [9.17, 15) is 9.59 Å². The summed E-state index contributed by atoms with van der Waals surface area (Å²) in [5.41, 5.74) is 11.4. The molecule has 0 spiro atoms. The molecule has 0 bridgehead atoms. The van der Waals surface area contributed by atoms with E-state index in [-0.39, 0.29) is 18.4 Å². The van der Waals surface area contributed by atoms with Crippen LogP contribution < -0.4 is 27.7 Å². The third kappa shape index (κ3) is 4.82. The maximum atomic E-state index is 12.0. The lowest BCUT2D eigenvalue weighted by Crippen LogP contribution is -2.41. The molecule has 0 unspecified atom stereocenters. The van der Waals surface area contributed by atoms with E-state index in [1.54, 1.807) is 18.2 Å². The Morgan fingerprint density at radius 2 is 2.04 bits per heavy atom. The normalized spacial score (nSPS) is 11.9. The average Bonchev–Trinajstić information content (AvgIpc) is 2.56. The van der Waals surface area contributed by atoms with Crippen molar-refractivity contribution in [2.24, 2.45) is 11.5 Å². The summed E-state index contributed by atoms with van der Waals surface area (Å²) in [6.45, 7) is 0.538. The number of benzene rings is 1. The summed E-state index contributed by atoms with van der Waals surface area (Å²) in [4.78, 5) is 23.9. The minimum absolute atomic E-state index is 0.0609. The van der Waals surface area contributed by atoms with Gasteiger partial charge in [-0.2, -0.15) is 0 Å². The van der Waals surface area contributed by atoms with Gasteiger partial charge in [0, 0.05) is 11.9 Å². The number of carbonyl (C=O) groups excluding carboxylic acids is 1. The fraction of sp³-hybridized carbons (Fsp3) is 0.312. The van der Waals surface area contributed by atoms with Gasteiger partial charge < -0.3 is 26.5 Å². The van der Waals surface area contributed by atoms with Crippen LogP contribution in [0.2, 0.25) is 0 Å². The Kier molecular flexibility index (Phi) is 5.91. The van der Waals surface area contributed by atoms with Crippen molar-refractivity contribution in [2.75, 3.05) is 6.54 Å². The number of guanidine groups is 1. The Bertz CT molecular complexity index is 787. The van der Waals surface area contributed by atoms with Crippen molar-refractivity contribution in [3.8, 4) is 0 Å². The predicted octanol–water partition coefficient (Wildman–Crippen LogP) is -0.000230. The standard InChI is InChI=1S/C16H21N5O3/c17-12(5-3-7-20-16(18)19)14(22)21-9-11-8-10-4-1-2-6-13(10)24-15(11)23/h1-2,4,6,8,12H,3,5,7,9,17H2,(H,21,22)(H4,18,19,20)/t12-/m0/s1. The smallest absolute Gasteiger partial charge is 0.341 e. The SMILES string of the molecule is N=C(N)NCCC[C@H](N)C(=O)NCc1cc2ccccc2oc1=O. The molecule has 8 nitrogen and oxygen atoms in total. The molecule has 2 rings (SSSR count). The summed E-state index contributed by atoms with van der Waals surface area (Å²) in [5.74, 6) is -0.457. The molecule has 1 aromatic heterocycles. The van der Waals surface area contributed by atoms with Crippen LogP contribution in [0.1, 0.15) is 18.4 Å². The summed E-state index contributed by atoms with van der Waals surface area (Å²) < 4.78 is 5.21. The van der Waals surface area contributed by atoms with Gasteiger partial charge in [0.25, 0.3) is 0 Å². The van der Waals surface area contributed by atoms with Gasteiger partial charge in [0.2, 0.25) is 5.91 Å². The van der Waals surface area contributed by atoms with Gasteiger partial charge in [0.15, 0.2) is 5.96 Å². The molecule has 0 saturated carbocycles. The molecule has 1 amide bonds. The molecular formula is C16H21N5O3. The minimum Gasteiger partial charge on any atom is -0.422 e. The van der Waals surface area contributed by atoms with Gasteiger partial charge in [-0.25, -0.2) is 4.79 Å². The molecule has 0 aliphatic carbocycles. The van der Waals surface area contributed by atoms with E-state index in [1.165, 1.54) is 0 Å². The first-order valence-corrected chi connectivity index (χ1v) is 7.60. The fourth-order valence-electron chi connectivity index (χ4n) is 2.22. The average molecular weight is 331 g/mol. The second-order valence-corrected chi connectivity index (χ2v) is 5.40. The van der Waals surface area contributed by atoms with Crippen molar-refractivity contribution in [1.82, 2.24) is 10.6 Å². The molecule has 0 saturated heterocycles. The number of para-hydroxylation sites is 1. The number of carbonyl (C=O) groups is 1. The molecule has 0 radical (unpaired) electrons. The van der Waals surface area contributed by atoms with Gasteiger partial charge in [-0.3, -0.25) is 10.2 Å². The number of rotatable bonds is 7. The monoisotopic (exact) mass is 331 g/mol. The summed E-state index contributed by atoms with van der Waals surface area (Å²) >= 11 is 0. The van der Waals surface area contributed by atoms with Gasteiger partial charge in [-0.1, -0.05) is 18.2 Å². The molecule has 8 heteroatoms. The summed E-state index contributed by atoms with van der Waals surface area (Å²) in [5, 5.41) is 13.1. The van der Waals surface area contributed by atoms with Crippen LogP contribution in [0.15, 0.2) is 39.5 Å². The Hall–Kier alpha value is -2.87. The van der Waals surface area contributed by atoms with Gasteiger partial charge >= 0.3 is 5.63 Å². The van der Waals surface area contributed by atoms with E-state index in [2.05, 4.69) is 10.6 Å². The first-order valence-electron chi connectivity index (χ1n) is 7.60. The highest BCUT2D eigenvalue weighted by molar-refractivity contribution is 5.81. The quantitative estimate of drug-likeness (QED) is 0.209. The first kappa shape index (κ1) is 17.5. The van der Waals surface area contributed by atoms with E-state index >= 15 is 0 Å². The van der Waals surface area contributed by atoms with Gasteiger partial charge in [-0.05, 0) is 25.0 Å². The molecule has 0 aliphatic heterocycles. The van der Waals surface area contributed by atoms with Crippen LogP contribution in [0.3, 0.4) is 0 Å². The molecule has 24 heavy (non-hydrogen) atoms. The molecule has 0 aliphatic rings. The van der Waals surface area contributed by atoms with Gasteiger partial charge in [-0.15, -0.1) is 0 Å². The largest absolute Gasteiger partial charge is 0.422 e. The second-order valence-electron chi connectivity index (χ2n) is 5.40. The van der Waals surface area contributed by atoms with Crippen molar-refractivity contribution in [2.45, 2.75) is 25.4 Å². The van der Waals surface area contributed by atoms with Gasteiger partial charge in [0.05, 0.1) is 18.2 Å². The van der Waals surface area contributed by atoms with Gasteiger partial charge in [0.1, 0.15) is 5.58 Å². The van der Waals surface area contributed by atoms with Crippen LogP contribution >= 0.6 is 0 Å². The van der Waals surface area contributed by atoms with E-state index in [0.29, 0.717) is 30.5 Å². The molecule has 1 atom stereocenters. The number of amides is 1. The van der Waals surface area contributed by atoms with Crippen LogP contribution in [0, 0.1) is 5.41 Å². The Morgan fingerprint density at radius 1 is 1.29 bits per heavy atom. The van der Waals surface area contributed by atoms with Crippen molar-refractivity contribution in [3.05, 3.63) is 46.3 Å². The lowest BCUT2D eigenvalue weighted by Gasteiger charge is -2.12. The molecule has 0 fully saturated rings. The summed E-state index contributed by atoms with van der Waals surface area (Å²) in [6, 6.07) is 8.18. The maximum absolute atomic E-state index is 12.0. The number of nitrogens with two attached hydrogens (primary N) is 2. The van der Waals surface area contributed by atoms with Crippen molar-refractivity contribution in [1.29, 1.82) is 5.41 Å². The molecule has 2 aromatic rings. The fourth-order valence-corrected chi connectivity index (χ4v) is 2.22. The van der Waals surface area contributed by atoms with Crippen LogP contribution in [-0.2, 0) is 11.3 Å². The zero-order valence-electron chi connectivity index (χ0n) is 13.2.